The number of aryl methyl sites for hydroxylation is 1. The molecule has 0 amide bonds. The molecule has 4 heteroatoms. The highest BCUT2D eigenvalue weighted by atomic mass is 19.1. The number of rotatable bonds is 3. The van der Waals surface area contributed by atoms with Gasteiger partial charge in [0.1, 0.15) is 11.6 Å². The molecule has 0 unspecified atom stereocenters. The molecule has 3 nitrogen and oxygen atoms in total. The van der Waals surface area contributed by atoms with Crippen LogP contribution in [0.1, 0.15) is 32.3 Å². The van der Waals surface area contributed by atoms with Gasteiger partial charge in [0.2, 0.25) is 0 Å². The maximum atomic E-state index is 14.0. The molecule has 0 spiro atoms. The van der Waals surface area contributed by atoms with Crippen molar-refractivity contribution in [2.45, 2.75) is 33.2 Å². The Morgan fingerprint density at radius 1 is 1.39 bits per heavy atom. The lowest BCUT2D eigenvalue weighted by molar-refractivity contribution is 0.462. The van der Waals surface area contributed by atoms with Gasteiger partial charge in [-0.2, -0.15) is 5.10 Å². The van der Waals surface area contributed by atoms with Gasteiger partial charge in [-0.1, -0.05) is 13.8 Å². The predicted octanol–water partition coefficient (Wildman–Crippen LogP) is 3.54. The second-order valence-corrected chi connectivity index (χ2v) is 4.63. The van der Waals surface area contributed by atoms with Crippen LogP contribution in [0.25, 0.3) is 11.1 Å². The Bertz CT molecular complexity index is 561. The zero-order valence-electron chi connectivity index (χ0n) is 10.8. The molecule has 1 aromatic heterocycles. The lowest BCUT2D eigenvalue weighted by Gasteiger charge is -2.10. The lowest BCUT2D eigenvalue weighted by Crippen LogP contribution is -1.93. The molecule has 0 aliphatic carbocycles. The molecule has 0 aliphatic rings. The summed E-state index contributed by atoms with van der Waals surface area (Å²) in [4.78, 5) is 0. The van der Waals surface area contributed by atoms with E-state index in [-0.39, 0.29) is 17.5 Å². The van der Waals surface area contributed by atoms with E-state index >= 15 is 0 Å². The monoisotopic (exact) mass is 248 g/mol. The zero-order chi connectivity index (χ0) is 13.3. The van der Waals surface area contributed by atoms with E-state index in [1.165, 1.54) is 12.1 Å². The second-order valence-electron chi connectivity index (χ2n) is 4.63. The van der Waals surface area contributed by atoms with Gasteiger partial charge in [0.25, 0.3) is 0 Å². The minimum Gasteiger partial charge on any atom is -0.508 e. The summed E-state index contributed by atoms with van der Waals surface area (Å²) in [6, 6.07) is 2.88. The van der Waals surface area contributed by atoms with Crippen LogP contribution in [-0.2, 0) is 6.54 Å². The van der Waals surface area contributed by atoms with Crippen molar-refractivity contribution in [2.75, 3.05) is 0 Å². The van der Waals surface area contributed by atoms with E-state index in [9.17, 15) is 9.50 Å². The molecule has 2 aromatic rings. The van der Waals surface area contributed by atoms with Crippen LogP contribution in [0, 0.1) is 5.82 Å². The van der Waals surface area contributed by atoms with Crippen LogP contribution in [0.15, 0.2) is 24.5 Å². The van der Waals surface area contributed by atoms with E-state index in [0.29, 0.717) is 16.7 Å². The van der Waals surface area contributed by atoms with E-state index in [1.807, 2.05) is 20.8 Å². The summed E-state index contributed by atoms with van der Waals surface area (Å²) in [5.74, 6) is -0.107. The van der Waals surface area contributed by atoms with Crippen LogP contribution in [0.3, 0.4) is 0 Å². The van der Waals surface area contributed by atoms with Gasteiger partial charge in [-0.3, -0.25) is 4.68 Å². The highest BCUT2D eigenvalue weighted by Crippen LogP contribution is 2.33. The first-order valence-corrected chi connectivity index (χ1v) is 6.08. The van der Waals surface area contributed by atoms with Crippen molar-refractivity contribution in [3.05, 3.63) is 35.9 Å². The summed E-state index contributed by atoms with van der Waals surface area (Å²) in [7, 11) is 0. The number of aromatic hydroxyl groups is 1. The Hall–Kier alpha value is -1.84. The van der Waals surface area contributed by atoms with Gasteiger partial charge in [0.05, 0.1) is 6.20 Å². The number of nitrogens with zero attached hydrogens (tertiary/aromatic N) is 2. The Balaban J connectivity index is 2.49. The van der Waals surface area contributed by atoms with Crippen molar-refractivity contribution in [2.24, 2.45) is 0 Å². The number of hydrogen-bond donors (Lipinski definition) is 1. The van der Waals surface area contributed by atoms with Crippen LogP contribution in [0.5, 0.6) is 5.75 Å². The quantitative estimate of drug-likeness (QED) is 0.902. The van der Waals surface area contributed by atoms with Crippen molar-refractivity contribution in [3.8, 4) is 16.9 Å². The van der Waals surface area contributed by atoms with Gasteiger partial charge in [-0.05, 0) is 30.5 Å². The number of aromatic nitrogens is 2. The molecule has 1 heterocycles. The van der Waals surface area contributed by atoms with E-state index < -0.39 is 0 Å². The predicted molar refractivity (Wildman–Crippen MR) is 69.0 cm³/mol. The molecule has 96 valence electrons. The molecule has 0 saturated heterocycles. The Labute approximate surface area is 106 Å². The summed E-state index contributed by atoms with van der Waals surface area (Å²) < 4.78 is 15.8. The standard InChI is InChI=1S/C14H17FN2O/c1-4-17-8-10(7-16-17)12-6-14(18)11(9(2)3)5-13(12)15/h5-9,18H,4H2,1-3H3. The minimum absolute atomic E-state index is 0.0897. The first-order chi connectivity index (χ1) is 8.52. The third kappa shape index (κ3) is 2.23. The lowest BCUT2D eigenvalue weighted by atomic mass is 9.98. The van der Waals surface area contributed by atoms with Crippen LogP contribution >= 0.6 is 0 Å². The molecular formula is C14H17FN2O. The minimum atomic E-state index is -0.327. The normalized spacial score (nSPS) is 11.2. The number of phenolic OH excluding ortho intramolecular Hbond substituents is 1. The maximum absolute atomic E-state index is 14.0. The fourth-order valence-electron chi connectivity index (χ4n) is 1.94. The molecular weight excluding hydrogens is 231 g/mol. The van der Waals surface area contributed by atoms with Crippen molar-refractivity contribution < 1.29 is 9.50 Å². The number of benzene rings is 1. The third-order valence-corrected chi connectivity index (χ3v) is 3.01. The van der Waals surface area contributed by atoms with Crippen molar-refractivity contribution in [1.82, 2.24) is 9.78 Å². The summed E-state index contributed by atoms with van der Waals surface area (Å²) in [6.07, 6.45) is 3.38. The average Bonchev–Trinajstić information content (AvgIpc) is 2.79. The highest BCUT2D eigenvalue weighted by molar-refractivity contribution is 5.65. The first-order valence-electron chi connectivity index (χ1n) is 6.08. The first kappa shape index (κ1) is 12.6. The van der Waals surface area contributed by atoms with E-state index in [4.69, 9.17) is 0 Å². The molecule has 0 aliphatic heterocycles. The fraction of sp³-hybridized carbons (Fsp3) is 0.357. The van der Waals surface area contributed by atoms with Crippen LogP contribution in [0.4, 0.5) is 4.39 Å². The molecule has 18 heavy (non-hydrogen) atoms. The van der Waals surface area contributed by atoms with Crippen LogP contribution in [0.2, 0.25) is 0 Å². The van der Waals surface area contributed by atoms with Gasteiger partial charge in [-0.15, -0.1) is 0 Å². The van der Waals surface area contributed by atoms with Gasteiger partial charge in [0, 0.05) is 23.9 Å². The van der Waals surface area contributed by atoms with E-state index in [2.05, 4.69) is 5.10 Å². The molecule has 2 rings (SSSR count). The average molecular weight is 248 g/mol. The zero-order valence-corrected chi connectivity index (χ0v) is 10.8. The molecule has 0 radical (unpaired) electrons. The topological polar surface area (TPSA) is 38.0 Å². The number of phenols is 1. The van der Waals surface area contributed by atoms with Crippen LogP contribution in [-0.4, -0.2) is 14.9 Å². The highest BCUT2D eigenvalue weighted by Gasteiger charge is 2.14. The summed E-state index contributed by atoms with van der Waals surface area (Å²) in [5, 5.41) is 14.0. The Morgan fingerprint density at radius 3 is 2.67 bits per heavy atom. The Morgan fingerprint density at radius 2 is 2.11 bits per heavy atom. The van der Waals surface area contributed by atoms with E-state index in [0.717, 1.165) is 6.54 Å². The van der Waals surface area contributed by atoms with E-state index in [1.54, 1.807) is 17.1 Å². The second kappa shape index (κ2) is 4.80. The summed E-state index contributed by atoms with van der Waals surface area (Å²) >= 11 is 0. The SMILES string of the molecule is CCn1cc(-c2cc(O)c(C(C)C)cc2F)cn1. The summed E-state index contributed by atoms with van der Waals surface area (Å²) in [5.41, 5.74) is 1.69. The largest absolute Gasteiger partial charge is 0.508 e. The maximum Gasteiger partial charge on any atom is 0.131 e. The Kier molecular flexibility index (Phi) is 3.36. The molecule has 0 bridgehead atoms. The molecule has 1 N–H and O–H groups in total. The van der Waals surface area contributed by atoms with Gasteiger partial charge < -0.3 is 5.11 Å². The van der Waals surface area contributed by atoms with Crippen molar-refractivity contribution in [1.29, 1.82) is 0 Å². The van der Waals surface area contributed by atoms with Gasteiger partial charge >= 0.3 is 0 Å². The smallest absolute Gasteiger partial charge is 0.131 e. The fourth-order valence-corrected chi connectivity index (χ4v) is 1.94. The van der Waals surface area contributed by atoms with Crippen molar-refractivity contribution >= 4 is 0 Å². The number of halogens is 1. The molecule has 0 saturated carbocycles. The van der Waals surface area contributed by atoms with Crippen LogP contribution < -0.4 is 0 Å². The van der Waals surface area contributed by atoms with Crippen molar-refractivity contribution in [3.63, 3.8) is 0 Å². The molecule has 1 aromatic carbocycles. The summed E-state index contributed by atoms with van der Waals surface area (Å²) in [6.45, 7) is 6.54. The third-order valence-electron chi connectivity index (χ3n) is 3.01. The number of hydrogen-bond acceptors (Lipinski definition) is 2. The van der Waals surface area contributed by atoms with Gasteiger partial charge in [0.15, 0.2) is 0 Å². The molecule has 0 atom stereocenters. The van der Waals surface area contributed by atoms with Gasteiger partial charge in [-0.25, -0.2) is 4.39 Å². The molecule has 0 fully saturated rings.